The van der Waals surface area contributed by atoms with Crippen LogP contribution < -0.4 is 10.3 Å². The summed E-state index contributed by atoms with van der Waals surface area (Å²) in [5.74, 6) is 0. The van der Waals surface area contributed by atoms with Crippen LogP contribution in [-0.4, -0.2) is 23.6 Å². The standard InChI is InChI=1S/C15H15BrN4O2/c1-19(2)13-7-3-11(4-8-13)15(16)18-17-12-5-9-14(10-6-12)20(21)22/h3-10,17H,1-2H3/b18-15+. The molecule has 1 N–H and O–H groups in total. The summed E-state index contributed by atoms with van der Waals surface area (Å²) in [6, 6.07) is 14.0. The molecule has 114 valence electrons. The third-order valence-electron chi connectivity index (χ3n) is 2.98. The molecule has 0 atom stereocenters. The van der Waals surface area contributed by atoms with Gasteiger partial charge in [0.15, 0.2) is 0 Å². The highest BCUT2D eigenvalue weighted by molar-refractivity contribution is 9.18. The van der Waals surface area contributed by atoms with E-state index >= 15 is 0 Å². The van der Waals surface area contributed by atoms with Crippen molar-refractivity contribution in [2.75, 3.05) is 24.4 Å². The molecule has 0 spiro atoms. The van der Waals surface area contributed by atoms with E-state index < -0.39 is 4.92 Å². The molecule has 0 aliphatic rings. The first-order valence-electron chi connectivity index (χ1n) is 6.49. The summed E-state index contributed by atoms with van der Waals surface area (Å²) in [4.78, 5) is 12.2. The molecule has 22 heavy (non-hydrogen) atoms. The molecule has 2 aromatic carbocycles. The first-order valence-corrected chi connectivity index (χ1v) is 7.28. The van der Waals surface area contributed by atoms with Crippen LogP contribution >= 0.6 is 15.9 Å². The number of halogens is 1. The monoisotopic (exact) mass is 362 g/mol. The Balaban J connectivity index is 2.07. The molecule has 0 unspecified atom stereocenters. The first kappa shape index (κ1) is 16.0. The minimum atomic E-state index is -0.435. The van der Waals surface area contributed by atoms with Crippen LogP contribution in [0.15, 0.2) is 53.6 Å². The minimum Gasteiger partial charge on any atom is -0.378 e. The number of hydrogen-bond acceptors (Lipinski definition) is 5. The van der Waals surface area contributed by atoms with Crippen LogP contribution in [0.4, 0.5) is 17.1 Å². The number of nitrogens with one attached hydrogen (secondary N) is 1. The van der Waals surface area contributed by atoms with Gasteiger partial charge in [0.1, 0.15) is 4.62 Å². The number of nitro benzene ring substituents is 1. The van der Waals surface area contributed by atoms with Crippen molar-refractivity contribution in [2.45, 2.75) is 0 Å². The van der Waals surface area contributed by atoms with E-state index in [9.17, 15) is 10.1 Å². The van der Waals surface area contributed by atoms with Crippen LogP contribution in [0.1, 0.15) is 5.56 Å². The second-order valence-corrected chi connectivity index (χ2v) is 5.51. The van der Waals surface area contributed by atoms with Gasteiger partial charge < -0.3 is 4.90 Å². The summed E-state index contributed by atoms with van der Waals surface area (Å²) in [5, 5.41) is 14.8. The van der Waals surface area contributed by atoms with Crippen molar-refractivity contribution in [3.05, 3.63) is 64.2 Å². The summed E-state index contributed by atoms with van der Waals surface area (Å²) >= 11 is 3.41. The van der Waals surface area contributed by atoms with Crippen LogP contribution in [0.2, 0.25) is 0 Å². The number of hydrazone groups is 1. The lowest BCUT2D eigenvalue weighted by molar-refractivity contribution is -0.384. The van der Waals surface area contributed by atoms with Crippen molar-refractivity contribution in [1.29, 1.82) is 0 Å². The number of rotatable bonds is 5. The molecule has 0 amide bonds. The second kappa shape index (κ2) is 7.04. The summed E-state index contributed by atoms with van der Waals surface area (Å²) in [5.41, 5.74) is 5.61. The average molecular weight is 363 g/mol. The van der Waals surface area contributed by atoms with Gasteiger partial charge in [-0.2, -0.15) is 5.10 Å². The van der Waals surface area contributed by atoms with E-state index in [1.165, 1.54) is 12.1 Å². The molecule has 7 heteroatoms. The van der Waals surface area contributed by atoms with Crippen molar-refractivity contribution >= 4 is 37.6 Å². The Morgan fingerprint density at radius 3 is 2.23 bits per heavy atom. The molecule has 0 aliphatic carbocycles. The number of non-ortho nitro benzene ring substituents is 1. The van der Waals surface area contributed by atoms with Crippen molar-refractivity contribution in [3.63, 3.8) is 0 Å². The first-order chi connectivity index (χ1) is 10.5. The zero-order valence-corrected chi connectivity index (χ0v) is 13.7. The Kier molecular flexibility index (Phi) is 5.11. The molecule has 0 bridgehead atoms. The predicted octanol–water partition coefficient (Wildman–Crippen LogP) is 3.83. The number of anilines is 2. The SMILES string of the molecule is CN(C)c1ccc(/C(Br)=N\Nc2ccc([N+](=O)[O-])cc2)cc1. The lowest BCUT2D eigenvalue weighted by atomic mass is 10.2. The normalized spacial score (nSPS) is 11.1. The molecule has 2 aromatic rings. The number of benzene rings is 2. The third-order valence-corrected chi connectivity index (χ3v) is 3.62. The molecular weight excluding hydrogens is 348 g/mol. The van der Waals surface area contributed by atoms with Gasteiger partial charge >= 0.3 is 0 Å². The van der Waals surface area contributed by atoms with Gasteiger partial charge in [0.05, 0.1) is 10.6 Å². The summed E-state index contributed by atoms with van der Waals surface area (Å²) in [6.45, 7) is 0. The number of hydrogen-bond donors (Lipinski definition) is 1. The molecule has 2 rings (SSSR count). The van der Waals surface area contributed by atoms with Gasteiger partial charge in [-0.3, -0.25) is 15.5 Å². The highest BCUT2D eigenvalue weighted by atomic mass is 79.9. The van der Waals surface area contributed by atoms with Crippen LogP contribution in [-0.2, 0) is 0 Å². The van der Waals surface area contributed by atoms with Gasteiger partial charge in [-0.25, -0.2) is 0 Å². The molecule has 0 fully saturated rings. The summed E-state index contributed by atoms with van der Waals surface area (Å²) in [6.07, 6.45) is 0. The highest BCUT2D eigenvalue weighted by Gasteiger charge is 2.04. The fraction of sp³-hybridized carbons (Fsp3) is 0.133. The van der Waals surface area contributed by atoms with Crippen molar-refractivity contribution in [1.82, 2.24) is 0 Å². The van der Waals surface area contributed by atoms with Gasteiger partial charge in [0.25, 0.3) is 5.69 Å². The average Bonchev–Trinajstić information content (AvgIpc) is 2.53. The Hall–Kier alpha value is -2.41. The van der Waals surface area contributed by atoms with Gasteiger partial charge in [-0.05, 0) is 40.2 Å². The van der Waals surface area contributed by atoms with E-state index in [4.69, 9.17) is 0 Å². The van der Waals surface area contributed by atoms with E-state index in [2.05, 4.69) is 26.5 Å². The maximum Gasteiger partial charge on any atom is 0.269 e. The highest BCUT2D eigenvalue weighted by Crippen LogP contribution is 2.17. The maximum absolute atomic E-state index is 10.6. The third kappa shape index (κ3) is 4.05. The molecule has 0 radical (unpaired) electrons. The smallest absolute Gasteiger partial charge is 0.269 e. The molecule has 6 nitrogen and oxygen atoms in total. The van der Waals surface area contributed by atoms with E-state index in [1.807, 2.05) is 43.3 Å². The largest absolute Gasteiger partial charge is 0.378 e. The quantitative estimate of drug-likeness (QED) is 0.498. The van der Waals surface area contributed by atoms with E-state index in [1.54, 1.807) is 12.1 Å². The lowest BCUT2D eigenvalue weighted by Crippen LogP contribution is -2.08. The van der Waals surface area contributed by atoms with E-state index in [-0.39, 0.29) is 5.69 Å². The summed E-state index contributed by atoms with van der Waals surface area (Å²) < 4.78 is 0.649. The van der Waals surface area contributed by atoms with Crippen LogP contribution in [0.3, 0.4) is 0 Å². The molecule has 0 aliphatic heterocycles. The van der Waals surface area contributed by atoms with Gasteiger partial charge in [-0.15, -0.1) is 0 Å². The van der Waals surface area contributed by atoms with E-state index in [0.29, 0.717) is 10.3 Å². The van der Waals surface area contributed by atoms with Gasteiger partial charge in [0, 0.05) is 37.5 Å². The van der Waals surface area contributed by atoms with Crippen LogP contribution in [0.5, 0.6) is 0 Å². The maximum atomic E-state index is 10.6. The van der Waals surface area contributed by atoms with Crippen LogP contribution in [0.25, 0.3) is 0 Å². The number of nitro groups is 1. The Morgan fingerprint density at radius 2 is 1.73 bits per heavy atom. The number of nitrogens with zero attached hydrogens (tertiary/aromatic N) is 3. The van der Waals surface area contributed by atoms with E-state index in [0.717, 1.165) is 11.3 Å². The fourth-order valence-corrected chi connectivity index (χ4v) is 2.09. The fourth-order valence-electron chi connectivity index (χ4n) is 1.73. The van der Waals surface area contributed by atoms with Crippen LogP contribution in [0, 0.1) is 10.1 Å². The van der Waals surface area contributed by atoms with Gasteiger partial charge in [-0.1, -0.05) is 12.1 Å². The Bertz CT molecular complexity index is 682. The lowest BCUT2D eigenvalue weighted by Gasteiger charge is -2.12. The summed E-state index contributed by atoms with van der Waals surface area (Å²) in [7, 11) is 3.96. The zero-order valence-electron chi connectivity index (χ0n) is 12.2. The van der Waals surface area contributed by atoms with Gasteiger partial charge in [0.2, 0.25) is 0 Å². The molecule has 0 saturated carbocycles. The second-order valence-electron chi connectivity index (χ2n) is 4.76. The Labute approximate surface area is 136 Å². The molecule has 0 heterocycles. The minimum absolute atomic E-state index is 0.0490. The molecule has 0 aromatic heterocycles. The van der Waals surface area contributed by atoms with Crippen molar-refractivity contribution < 1.29 is 4.92 Å². The zero-order chi connectivity index (χ0) is 16.1. The van der Waals surface area contributed by atoms with Crippen molar-refractivity contribution in [2.24, 2.45) is 5.10 Å². The molecular formula is C15H15BrN4O2. The topological polar surface area (TPSA) is 70.8 Å². The Morgan fingerprint density at radius 1 is 1.14 bits per heavy atom. The molecule has 0 saturated heterocycles. The predicted molar refractivity (Wildman–Crippen MR) is 93.0 cm³/mol. The van der Waals surface area contributed by atoms with Crippen molar-refractivity contribution in [3.8, 4) is 0 Å².